The number of benzene rings is 2. The first-order valence-electron chi connectivity index (χ1n) is 8.28. The molecule has 0 bridgehead atoms. The number of rotatable bonds is 4. The maximum absolute atomic E-state index is 12.8. The van der Waals surface area contributed by atoms with Crippen LogP contribution < -0.4 is 10.1 Å². The van der Waals surface area contributed by atoms with Gasteiger partial charge in [-0.25, -0.2) is 4.31 Å². The van der Waals surface area contributed by atoms with E-state index < -0.39 is 16.1 Å². The van der Waals surface area contributed by atoms with Gasteiger partial charge in [-0.3, -0.25) is 4.79 Å². The van der Waals surface area contributed by atoms with Crippen molar-refractivity contribution in [2.75, 3.05) is 19.5 Å². The second-order valence-corrected chi connectivity index (χ2v) is 7.75. The highest BCUT2D eigenvalue weighted by Gasteiger charge is 2.31. The summed E-state index contributed by atoms with van der Waals surface area (Å²) in [5.74, 6) is -0.401. The van der Waals surface area contributed by atoms with Gasteiger partial charge in [0.1, 0.15) is 17.2 Å². The van der Waals surface area contributed by atoms with Crippen LogP contribution in [-0.4, -0.2) is 43.6 Å². The third-order valence-electron chi connectivity index (χ3n) is 4.19. The van der Waals surface area contributed by atoms with Gasteiger partial charge in [-0.05, 0) is 42.8 Å². The number of allylic oxidation sites excluding steroid dienone is 1. The van der Waals surface area contributed by atoms with Crippen molar-refractivity contribution < 1.29 is 23.1 Å². The third-order valence-corrected chi connectivity index (χ3v) is 5.50. The maximum Gasteiger partial charge on any atom is 0.345 e. The number of anilines is 1. The van der Waals surface area contributed by atoms with Gasteiger partial charge in [-0.1, -0.05) is 18.2 Å². The molecule has 1 aliphatic rings. The zero-order valence-corrected chi connectivity index (χ0v) is 16.3. The Kier molecular flexibility index (Phi) is 5.10. The topological polar surface area (TPSA) is 108 Å². The second kappa shape index (κ2) is 7.35. The Labute approximate surface area is 163 Å². The fourth-order valence-electron chi connectivity index (χ4n) is 2.68. The highest BCUT2D eigenvalue weighted by atomic mass is 32.2. The van der Waals surface area contributed by atoms with E-state index in [0.717, 1.165) is 9.87 Å². The summed E-state index contributed by atoms with van der Waals surface area (Å²) in [5.41, 5.74) is 1.37. The molecule has 1 amide bonds. The standard InChI is InChI=1S/C19H19N3O5S/c1-12-8-9-17(23)15(10-12)20-19(24)16-11-14(21-28(25,26)22(16)2)13-6-4-5-7-18(13)27-3/h4-11,23H,1-3H3,(H,20,24). The number of aromatic hydroxyl groups is 1. The molecule has 0 saturated heterocycles. The Morgan fingerprint density at radius 2 is 1.93 bits per heavy atom. The Balaban J connectivity index is 2.03. The lowest BCUT2D eigenvalue weighted by atomic mass is 10.1. The molecule has 2 aromatic carbocycles. The molecular formula is C19H19N3O5S. The maximum atomic E-state index is 12.8. The fourth-order valence-corrected chi connectivity index (χ4v) is 3.59. The van der Waals surface area contributed by atoms with Crippen molar-refractivity contribution >= 4 is 27.5 Å². The number of carbonyl (C=O) groups is 1. The number of phenolic OH excluding ortho intramolecular Hbond substituents is 1. The van der Waals surface area contributed by atoms with Crippen LogP contribution in [-0.2, 0) is 15.0 Å². The van der Waals surface area contributed by atoms with Gasteiger partial charge in [0.25, 0.3) is 5.91 Å². The fraction of sp³-hybridized carbons (Fsp3) is 0.158. The summed E-state index contributed by atoms with van der Waals surface area (Å²) in [7, 11) is -1.42. The van der Waals surface area contributed by atoms with E-state index in [1.54, 1.807) is 43.3 Å². The van der Waals surface area contributed by atoms with Gasteiger partial charge in [-0.2, -0.15) is 8.42 Å². The summed E-state index contributed by atoms with van der Waals surface area (Å²) in [4.78, 5) is 12.8. The number of methoxy groups -OCH3 is 1. The summed E-state index contributed by atoms with van der Waals surface area (Å²) >= 11 is 0. The van der Waals surface area contributed by atoms with E-state index in [-0.39, 0.29) is 22.8 Å². The quantitative estimate of drug-likeness (QED) is 0.764. The van der Waals surface area contributed by atoms with E-state index in [9.17, 15) is 18.3 Å². The molecule has 0 unspecified atom stereocenters. The van der Waals surface area contributed by atoms with Gasteiger partial charge in [0.2, 0.25) is 0 Å². The lowest BCUT2D eigenvalue weighted by Crippen LogP contribution is -2.35. The summed E-state index contributed by atoms with van der Waals surface area (Å²) < 4.78 is 34.8. The first kappa shape index (κ1) is 19.4. The number of ether oxygens (including phenoxy) is 1. The molecule has 2 aromatic rings. The summed E-state index contributed by atoms with van der Waals surface area (Å²) in [5, 5.41) is 12.5. The van der Waals surface area contributed by atoms with Gasteiger partial charge < -0.3 is 15.2 Å². The highest BCUT2D eigenvalue weighted by molar-refractivity contribution is 7.88. The molecule has 0 aliphatic carbocycles. The minimum absolute atomic E-state index is 0.0779. The predicted octanol–water partition coefficient (Wildman–Crippen LogP) is 2.21. The van der Waals surface area contributed by atoms with E-state index >= 15 is 0 Å². The molecule has 9 heteroatoms. The van der Waals surface area contributed by atoms with E-state index in [1.165, 1.54) is 26.3 Å². The van der Waals surface area contributed by atoms with Crippen molar-refractivity contribution in [3.05, 3.63) is 65.4 Å². The van der Waals surface area contributed by atoms with Crippen LogP contribution >= 0.6 is 0 Å². The third kappa shape index (κ3) is 3.70. The van der Waals surface area contributed by atoms with E-state index in [4.69, 9.17) is 4.74 Å². The van der Waals surface area contributed by atoms with Crippen molar-refractivity contribution in [1.82, 2.24) is 4.31 Å². The molecule has 3 rings (SSSR count). The summed E-state index contributed by atoms with van der Waals surface area (Å²) in [6, 6.07) is 11.5. The average molecular weight is 401 g/mol. The normalized spacial score (nSPS) is 15.5. The smallest absolute Gasteiger partial charge is 0.345 e. The Morgan fingerprint density at radius 1 is 1.21 bits per heavy atom. The van der Waals surface area contributed by atoms with Crippen molar-refractivity contribution in [2.45, 2.75) is 6.92 Å². The van der Waals surface area contributed by atoms with Crippen LogP contribution in [0.4, 0.5) is 5.69 Å². The number of carbonyl (C=O) groups excluding carboxylic acids is 1. The number of nitrogens with zero attached hydrogens (tertiary/aromatic N) is 2. The van der Waals surface area contributed by atoms with Gasteiger partial charge in [0.05, 0.1) is 18.5 Å². The van der Waals surface area contributed by atoms with Crippen LogP contribution in [0.3, 0.4) is 0 Å². The number of para-hydroxylation sites is 1. The Morgan fingerprint density at radius 3 is 2.64 bits per heavy atom. The number of likely N-dealkylation sites (N-methyl/N-ethyl adjacent to an activating group) is 1. The lowest BCUT2D eigenvalue weighted by molar-refractivity contribution is -0.113. The van der Waals surface area contributed by atoms with Crippen molar-refractivity contribution in [2.24, 2.45) is 4.40 Å². The molecule has 2 N–H and O–H groups in total. The lowest BCUT2D eigenvalue weighted by Gasteiger charge is -2.24. The van der Waals surface area contributed by atoms with Gasteiger partial charge in [0.15, 0.2) is 0 Å². The molecule has 1 aliphatic heterocycles. The largest absolute Gasteiger partial charge is 0.506 e. The van der Waals surface area contributed by atoms with Crippen molar-refractivity contribution in [3.63, 3.8) is 0 Å². The summed E-state index contributed by atoms with van der Waals surface area (Å²) in [6.07, 6.45) is 1.36. The minimum atomic E-state index is -4.11. The van der Waals surface area contributed by atoms with E-state index in [1.807, 2.05) is 0 Å². The number of phenols is 1. The SMILES string of the molecule is COc1ccccc1C1=NS(=O)(=O)N(C)C(C(=O)Nc2cc(C)ccc2O)=C1. The molecular weight excluding hydrogens is 382 g/mol. The van der Waals surface area contributed by atoms with Crippen molar-refractivity contribution in [1.29, 1.82) is 0 Å². The first-order chi connectivity index (χ1) is 13.2. The average Bonchev–Trinajstić information content (AvgIpc) is 2.66. The highest BCUT2D eigenvalue weighted by Crippen LogP contribution is 2.28. The van der Waals surface area contributed by atoms with E-state index in [0.29, 0.717) is 11.3 Å². The molecule has 8 nitrogen and oxygen atoms in total. The molecule has 0 saturated carbocycles. The van der Waals surface area contributed by atoms with Crippen LogP contribution in [0, 0.1) is 6.92 Å². The molecule has 0 atom stereocenters. The second-order valence-electron chi connectivity index (χ2n) is 6.13. The number of hydrogen-bond donors (Lipinski definition) is 2. The van der Waals surface area contributed by atoms with E-state index in [2.05, 4.69) is 9.71 Å². The number of aryl methyl sites for hydroxylation is 1. The molecule has 28 heavy (non-hydrogen) atoms. The number of amides is 1. The number of hydrogen-bond acceptors (Lipinski definition) is 5. The molecule has 0 radical (unpaired) electrons. The number of nitrogens with one attached hydrogen (secondary N) is 1. The first-order valence-corrected chi connectivity index (χ1v) is 9.67. The Hall–Kier alpha value is -3.33. The minimum Gasteiger partial charge on any atom is -0.506 e. The monoisotopic (exact) mass is 401 g/mol. The predicted molar refractivity (Wildman–Crippen MR) is 106 cm³/mol. The van der Waals surface area contributed by atoms with Gasteiger partial charge in [-0.15, -0.1) is 4.40 Å². The van der Waals surface area contributed by atoms with Crippen LogP contribution in [0.5, 0.6) is 11.5 Å². The molecule has 146 valence electrons. The van der Waals surface area contributed by atoms with Crippen LogP contribution in [0.15, 0.2) is 58.6 Å². The van der Waals surface area contributed by atoms with Gasteiger partial charge >= 0.3 is 10.2 Å². The van der Waals surface area contributed by atoms with Crippen LogP contribution in [0.1, 0.15) is 11.1 Å². The Bertz CT molecular complexity index is 1110. The van der Waals surface area contributed by atoms with Gasteiger partial charge in [0, 0.05) is 12.6 Å². The zero-order valence-electron chi connectivity index (χ0n) is 15.5. The van der Waals surface area contributed by atoms with Crippen LogP contribution in [0.2, 0.25) is 0 Å². The molecule has 0 aromatic heterocycles. The molecule has 1 heterocycles. The van der Waals surface area contributed by atoms with Crippen molar-refractivity contribution in [3.8, 4) is 11.5 Å². The van der Waals surface area contributed by atoms with Crippen LogP contribution in [0.25, 0.3) is 0 Å². The molecule has 0 spiro atoms. The summed E-state index contributed by atoms with van der Waals surface area (Å²) in [6.45, 7) is 1.80. The zero-order chi connectivity index (χ0) is 20.5. The molecule has 0 fully saturated rings.